The van der Waals surface area contributed by atoms with Crippen molar-refractivity contribution in [2.75, 3.05) is 11.9 Å². The molecule has 0 amide bonds. The molecular weight excluding hydrogens is 226 g/mol. The normalized spacial score (nSPS) is 10.7. The van der Waals surface area contributed by atoms with Gasteiger partial charge in [-0.3, -0.25) is 4.57 Å². The smallest absolute Gasteiger partial charge is 0.224 e. The monoisotopic (exact) mass is 239 g/mol. The number of fused-ring (bicyclic) bond motifs is 1. The van der Waals surface area contributed by atoms with Gasteiger partial charge in [0, 0.05) is 12.2 Å². The van der Waals surface area contributed by atoms with Crippen LogP contribution in [0.3, 0.4) is 0 Å². The van der Waals surface area contributed by atoms with Crippen LogP contribution in [0.5, 0.6) is 0 Å². The molecule has 3 aromatic rings. The highest BCUT2D eigenvalue weighted by Crippen LogP contribution is 2.16. The van der Waals surface area contributed by atoms with E-state index in [9.17, 15) is 0 Å². The fraction of sp³-hybridized carbons (Fsp3) is 0.154. The van der Waals surface area contributed by atoms with Crippen molar-refractivity contribution in [2.45, 2.75) is 6.92 Å². The fourth-order valence-corrected chi connectivity index (χ4v) is 1.83. The van der Waals surface area contributed by atoms with E-state index in [1.807, 2.05) is 41.8 Å². The van der Waals surface area contributed by atoms with Crippen LogP contribution in [0, 0.1) is 0 Å². The van der Waals surface area contributed by atoms with E-state index in [0.29, 0.717) is 5.95 Å². The lowest BCUT2D eigenvalue weighted by Gasteiger charge is -2.04. The SMILES string of the molecule is CCNc1ncc2ncn(-c3ccccc3)c2n1. The average molecular weight is 239 g/mol. The number of benzene rings is 1. The van der Waals surface area contributed by atoms with Gasteiger partial charge in [0.1, 0.15) is 11.8 Å². The number of para-hydroxylation sites is 1. The van der Waals surface area contributed by atoms with E-state index in [1.165, 1.54) is 0 Å². The van der Waals surface area contributed by atoms with Crippen molar-refractivity contribution >= 4 is 17.1 Å². The first kappa shape index (κ1) is 10.7. The minimum atomic E-state index is 0.627. The van der Waals surface area contributed by atoms with E-state index in [1.54, 1.807) is 12.5 Å². The molecule has 0 aliphatic heterocycles. The number of hydrogen-bond donors (Lipinski definition) is 1. The number of anilines is 1. The number of nitrogens with zero attached hydrogens (tertiary/aromatic N) is 4. The maximum absolute atomic E-state index is 4.48. The Kier molecular flexibility index (Phi) is 2.64. The highest BCUT2D eigenvalue weighted by Gasteiger charge is 2.07. The molecule has 0 radical (unpaired) electrons. The second-order valence-electron chi connectivity index (χ2n) is 3.88. The van der Waals surface area contributed by atoms with Crippen LogP contribution in [0.25, 0.3) is 16.9 Å². The van der Waals surface area contributed by atoms with E-state index >= 15 is 0 Å². The van der Waals surface area contributed by atoms with Crippen LogP contribution in [0.2, 0.25) is 0 Å². The Morgan fingerprint density at radius 2 is 2.00 bits per heavy atom. The van der Waals surface area contributed by atoms with Crippen molar-refractivity contribution in [3.05, 3.63) is 42.9 Å². The largest absolute Gasteiger partial charge is 0.354 e. The van der Waals surface area contributed by atoms with Crippen LogP contribution in [-0.2, 0) is 0 Å². The lowest BCUT2D eigenvalue weighted by atomic mass is 10.3. The molecule has 5 nitrogen and oxygen atoms in total. The molecule has 90 valence electrons. The van der Waals surface area contributed by atoms with Crippen LogP contribution < -0.4 is 5.32 Å². The molecule has 0 atom stereocenters. The van der Waals surface area contributed by atoms with Crippen molar-refractivity contribution in [3.8, 4) is 5.69 Å². The number of rotatable bonds is 3. The topological polar surface area (TPSA) is 55.6 Å². The third-order valence-corrected chi connectivity index (χ3v) is 2.66. The Morgan fingerprint density at radius 1 is 1.17 bits per heavy atom. The minimum Gasteiger partial charge on any atom is -0.354 e. The molecule has 2 aromatic heterocycles. The summed E-state index contributed by atoms with van der Waals surface area (Å²) in [5.41, 5.74) is 2.65. The Bertz CT molecular complexity index is 659. The number of imidazole rings is 1. The van der Waals surface area contributed by atoms with Gasteiger partial charge in [-0.1, -0.05) is 18.2 Å². The van der Waals surface area contributed by atoms with Crippen molar-refractivity contribution in [1.82, 2.24) is 19.5 Å². The maximum Gasteiger partial charge on any atom is 0.224 e. The third-order valence-electron chi connectivity index (χ3n) is 2.66. The molecule has 1 aromatic carbocycles. The number of aromatic nitrogens is 4. The standard InChI is InChI=1S/C13H13N5/c1-2-14-13-15-8-11-12(17-13)18(9-16-11)10-6-4-3-5-7-10/h3-9H,2H2,1H3,(H,14,15,17). The Hall–Kier alpha value is -2.43. The quantitative estimate of drug-likeness (QED) is 0.761. The summed E-state index contributed by atoms with van der Waals surface area (Å²) in [5.74, 6) is 0.627. The van der Waals surface area contributed by atoms with Gasteiger partial charge in [0.2, 0.25) is 5.95 Å². The summed E-state index contributed by atoms with van der Waals surface area (Å²) >= 11 is 0. The first-order chi connectivity index (χ1) is 8.88. The molecule has 18 heavy (non-hydrogen) atoms. The highest BCUT2D eigenvalue weighted by atomic mass is 15.2. The first-order valence-electron chi connectivity index (χ1n) is 5.88. The van der Waals surface area contributed by atoms with Crippen LogP contribution in [0.1, 0.15) is 6.92 Å². The van der Waals surface area contributed by atoms with Gasteiger partial charge in [-0.2, -0.15) is 4.98 Å². The summed E-state index contributed by atoms with van der Waals surface area (Å²) < 4.78 is 1.96. The lowest BCUT2D eigenvalue weighted by molar-refractivity contribution is 1.05. The van der Waals surface area contributed by atoms with E-state index in [4.69, 9.17) is 0 Å². The molecule has 5 heteroatoms. The molecule has 1 N–H and O–H groups in total. The summed E-state index contributed by atoms with van der Waals surface area (Å²) in [7, 11) is 0. The fourth-order valence-electron chi connectivity index (χ4n) is 1.83. The lowest BCUT2D eigenvalue weighted by Crippen LogP contribution is -2.03. The van der Waals surface area contributed by atoms with Crippen molar-refractivity contribution in [1.29, 1.82) is 0 Å². The van der Waals surface area contributed by atoms with Gasteiger partial charge in [-0.05, 0) is 19.1 Å². The van der Waals surface area contributed by atoms with Gasteiger partial charge < -0.3 is 5.32 Å². The second kappa shape index (κ2) is 4.44. The van der Waals surface area contributed by atoms with E-state index in [-0.39, 0.29) is 0 Å². The maximum atomic E-state index is 4.48. The van der Waals surface area contributed by atoms with Gasteiger partial charge >= 0.3 is 0 Å². The molecule has 3 rings (SSSR count). The van der Waals surface area contributed by atoms with Crippen LogP contribution in [0.4, 0.5) is 5.95 Å². The van der Waals surface area contributed by atoms with E-state index < -0.39 is 0 Å². The zero-order chi connectivity index (χ0) is 12.4. The second-order valence-corrected chi connectivity index (χ2v) is 3.88. The van der Waals surface area contributed by atoms with E-state index in [2.05, 4.69) is 20.3 Å². The van der Waals surface area contributed by atoms with Gasteiger partial charge in [0.05, 0.1) is 6.20 Å². The predicted molar refractivity (Wildman–Crippen MR) is 70.8 cm³/mol. The molecule has 0 bridgehead atoms. The van der Waals surface area contributed by atoms with Crippen molar-refractivity contribution in [3.63, 3.8) is 0 Å². The summed E-state index contributed by atoms with van der Waals surface area (Å²) in [5, 5.41) is 3.10. The summed E-state index contributed by atoms with van der Waals surface area (Å²) in [4.78, 5) is 13.0. The number of hydrogen-bond acceptors (Lipinski definition) is 4. The van der Waals surface area contributed by atoms with Gasteiger partial charge in [0.25, 0.3) is 0 Å². The summed E-state index contributed by atoms with van der Waals surface area (Å²) in [6, 6.07) is 10.0. The van der Waals surface area contributed by atoms with Crippen LogP contribution >= 0.6 is 0 Å². The van der Waals surface area contributed by atoms with Gasteiger partial charge in [-0.15, -0.1) is 0 Å². The molecule has 0 aliphatic rings. The van der Waals surface area contributed by atoms with Crippen molar-refractivity contribution in [2.24, 2.45) is 0 Å². The summed E-state index contributed by atoms with van der Waals surface area (Å²) in [6.45, 7) is 2.81. The molecule has 0 aliphatic carbocycles. The first-order valence-corrected chi connectivity index (χ1v) is 5.88. The zero-order valence-corrected chi connectivity index (χ0v) is 10.0. The van der Waals surface area contributed by atoms with Gasteiger partial charge in [0.15, 0.2) is 5.65 Å². The Labute approximate surface area is 105 Å². The molecular formula is C13H13N5. The minimum absolute atomic E-state index is 0.627. The molecule has 2 heterocycles. The Balaban J connectivity index is 2.15. The van der Waals surface area contributed by atoms with Crippen LogP contribution in [-0.4, -0.2) is 26.1 Å². The molecule has 0 saturated heterocycles. The highest BCUT2D eigenvalue weighted by molar-refractivity contribution is 5.73. The Morgan fingerprint density at radius 3 is 2.78 bits per heavy atom. The van der Waals surface area contributed by atoms with Crippen LogP contribution in [0.15, 0.2) is 42.9 Å². The summed E-state index contributed by atoms with van der Waals surface area (Å²) in [6.07, 6.45) is 3.50. The molecule has 0 unspecified atom stereocenters. The average Bonchev–Trinajstić information content (AvgIpc) is 2.83. The zero-order valence-electron chi connectivity index (χ0n) is 10.0. The molecule has 0 fully saturated rings. The predicted octanol–water partition coefficient (Wildman–Crippen LogP) is 2.25. The third kappa shape index (κ3) is 1.79. The van der Waals surface area contributed by atoms with Crippen molar-refractivity contribution < 1.29 is 0 Å². The molecule has 0 spiro atoms. The van der Waals surface area contributed by atoms with Gasteiger partial charge in [-0.25, -0.2) is 9.97 Å². The number of nitrogens with one attached hydrogen (secondary N) is 1. The molecule has 0 saturated carbocycles. The van der Waals surface area contributed by atoms with E-state index in [0.717, 1.165) is 23.4 Å².